The van der Waals surface area contributed by atoms with Crippen molar-refractivity contribution in [3.8, 4) is 0 Å². The van der Waals surface area contributed by atoms with Crippen molar-refractivity contribution in [3.05, 3.63) is 53.7 Å². The second-order valence-corrected chi connectivity index (χ2v) is 4.16. The van der Waals surface area contributed by atoms with Gasteiger partial charge in [-0.15, -0.1) is 0 Å². The van der Waals surface area contributed by atoms with E-state index in [4.69, 9.17) is 11.1 Å². The number of aromatic nitrogens is 2. The highest BCUT2D eigenvalue weighted by Crippen LogP contribution is 2.12. The number of benzene rings is 1. The van der Waals surface area contributed by atoms with E-state index in [1.54, 1.807) is 18.3 Å². The van der Waals surface area contributed by atoms with Crippen LogP contribution in [0.5, 0.6) is 0 Å². The average molecular weight is 259 g/mol. The summed E-state index contributed by atoms with van der Waals surface area (Å²) in [5, 5.41) is 7.24. The number of nitrogens with zero attached hydrogens (tertiary/aromatic N) is 3. The van der Waals surface area contributed by atoms with E-state index < -0.39 is 0 Å². The SMILES string of the molecule is CN(Cc1ccc(F)cc1)c1cnc(C(=N)N)cn1. The third-order valence-corrected chi connectivity index (χ3v) is 2.64. The Kier molecular flexibility index (Phi) is 3.70. The van der Waals surface area contributed by atoms with Gasteiger partial charge in [-0.2, -0.15) is 0 Å². The fraction of sp³-hybridized carbons (Fsp3) is 0.154. The van der Waals surface area contributed by atoms with Crippen LogP contribution in [-0.2, 0) is 6.54 Å². The molecule has 1 aromatic heterocycles. The Bertz CT molecular complexity index is 565. The van der Waals surface area contributed by atoms with E-state index in [2.05, 4.69) is 9.97 Å². The maximum absolute atomic E-state index is 12.8. The molecule has 0 saturated carbocycles. The lowest BCUT2D eigenvalue weighted by molar-refractivity contribution is 0.627. The number of nitrogen functional groups attached to an aromatic ring is 1. The second kappa shape index (κ2) is 5.43. The lowest BCUT2D eigenvalue weighted by Crippen LogP contribution is -2.19. The van der Waals surface area contributed by atoms with Gasteiger partial charge in [-0.1, -0.05) is 12.1 Å². The normalized spacial score (nSPS) is 10.2. The largest absolute Gasteiger partial charge is 0.382 e. The zero-order chi connectivity index (χ0) is 13.8. The number of hydrogen-bond acceptors (Lipinski definition) is 4. The van der Waals surface area contributed by atoms with Crippen LogP contribution < -0.4 is 10.6 Å². The van der Waals surface area contributed by atoms with Crippen molar-refractivity contribution in [2.45, 2.75) is 6.54 Å². The molecule has 1 aromatic carbocycles. The van der Waals surface area contributed by atoms with Crippen LogP contribution in [0, 0.1) is 11.2 Å². The van der Waals surface area contributed by atoms with Gasteiger partial charge in [0, 0.05) is 13.6 Å². The number of nitrogens with two attached hydrogens (primary N) is 1. The van der Waals surface area contributed by atoms with Crippen LogP contribution >= 0.6 is 0 Å². The fourth-order valence-electron chi connectivity index (χ4n) is 1.60. The Balaban J connectivity index is 2.09. The number of halogens is 1. The summed E-state index contributed by atoms with van der Waals surface area (Å²) in [7, 11) is 1.86. The van der Waals surface area contributed by atoms with E-state index in [-0.39, 0.29) is 11.7 Å². The standard InChI is InChI=1S/C13H14FN5/c1-19(8-9-2-4-10(14)5-3-9)12-7-17-11(6-18-12)13(15)16/h2-7H,8H2,1H3,(H3,15,16). The zero-order valence-electron chi connectivity index (χ0n) is 10.5. The molecular formula is C13H14FN5. The Hall–Kier alpha value is -2.50. The number of nitrogens with one attached hydrogen (secondary N) is 1. The van der Waals surface area contributed by atoms with Crippen molar-refractivity contribution in [3.63, 3.8) is 0 Å². The van der Waals surface area contributed by atoms with E-state index in [1.165, 1.54) is 18.3 Å². The summed E-state index contributed by atoms with van der Waals surface area (Å²) in [4.78, 5) is 10.1. The van der Waals surface area contributed by atoms with Crippen molar-refractivity contribution >= 4 is 11.7 Å². The molecule has 19 heavy (non-hydrogen) atoms. The molecule has 0 atom stereocenters. The third kappa shape index (κ3) is 3.25. The van der Waals surface area contributed by atoms with Gasteiger partial charge < -0.3 is 10.6 Å². The second-order valence-electron chi connectivity index (χ2n) is 4.16. The van der Waals surface area contributed by atoms with Crippen LogP contribution in [0.1, 0.15) is 11.3 Å². The smallest absolute Gasteiger partial charge is 0.147 e. The molecule has 0 bridgehead atoms. The minimum absolute atomic E-state index is 0.111. The van der Waals surface area contributed by atoms with E-state index in [1.807, 2.05) is 11.9 Å². The molecule has 0 aliphatic heterocycles. The van der Waals surface area contributed by atoms with Crippen LogP contribution in [0.2, 0.25) is 0 Å². The number of amidine groups is 1. The summed E-state index contributed by atoms with van der Waals surface area (Å²) >= 11 is 0. The quantitative estimate of drug-likeness (QED) is 0.644. The molecule has 2 aromatic rings. The van der Waals surface area contributed by atoms with Crippen molar-refractivity contribution in [1.82, 2.24) is 9.97 Å². The molecule has 98 valence electrons. The molecule has 0 unspecified atom stereocenters. The van der Waals surface area contributed by atoms with E-state index in [0.29, 0.717) is 18.1 Å². The van der Waals surface area contributed by atoms with Gasteiger partial charge in [0.25, 0.3) is 0 Å². The molecule has 0 fully saturated rings. The van der Waals surface area contributed by atoms with Gasteiger partial charge in [-0.3, -0.25) is 5.41 Å². The summed E-state index contributed by atoms with van der Waals surface area (Å²) < 4.78 is 12.8. The monoisotopic (exact) mass is 259 g/mol. The molecule has 5 nitrogen and oxygen atoms in total. The van der Waals surface area contributed by atoms with Gasteiger partial charge in [0.2, 0.25) is 0 Å². The van der Waals surface area contributed by atoms with Gasteiger partial charge >= 0.3 is 0 Å². The molecular weight excluding hydrogens is 245 g/mol. The van der Waals surface area contributed by atoms with Gasteiger partial charge in [-0.05, 0) is 17.7 Å². The molecule has 0 aliphatic carbocycles. The van der Waals surface area contributed by atoms with Crippen LogP contribution in [-0.4, -0.2) is 22.9 Å². The Morgan fingerprint density at radius 1 is 1.26 bits per heavy atom. The molecule has 1 heterocycles. The predicted molar refractivity (Wildman–Crippen MR) is 71.6 cm³/mol. The molecule has 0 radical (unpaired) electrons. The van der Waals surface area contributed by atoms with Gasteiger partial charge in [0.15, 0.2) is 0 Å². The Labute approximate surface area is 110 Å². The number of rotatable bonds is 4. The topological polar surface area (TPSA) is 78.9 Å². The molecule has 0 aliphatic rings. The number of anilines is 1. The highest BCUT2D eigenvalue weighted by molar-refractivity contribution is 5.92. The van der Waals surface area contributed by atoms with Gasteiger partial charge in [0.05, 0.1) is 12.4 Å². The molecule has 0 saturated heterocycles. The van der Waals surface area contributed by atoms with Crippen molar-refractivity contribution in [2.24, 2.45) is 5.73 Å². The van der Waals surface area contributed by atoms with Crippen LogP contribution in [0.3, 0.4) is 0 Å². The molecule has 0 spiro atoms. The van der Waals surface area contributed by atoms with E-state index in [0.717, 1.165) is 5.56 Å². The Morgan fingerprint density at radius 2 is 1.95 bits per heavy atom. The van der Waals surface area contributed by atoms with Crippen molar-refractivity contribution < 1.29 is 4.39 Å². The minimum atomic E-state index is -0.253. The first-order valence-electron chi connectivity index (χ1n) is 5.68. The molecule has 2 rings (SSSR count). The van der Waals surface area contributed by atoms with E-state index >= 15 is 0 Å². The fourth-order valence-corrected chi connectivity index (χ4v) is 1.60. The maximum Gasteiger partial charge on any atom is 0.147 e. The summed E-state index contributed by atoms with van der Waals surface area (Å²) in [5.74, 6) is 0.298. The molecule has 6 heteroatoms. The highest BCUT2D eigenvalue weighted by atomic mass is 19.1. The van der Waals surface area contributed by atoms with Crippen molar-refractivity contribution in [2.75, 3.05) is 11.9 Å². The van der Waals surface area contributed by atoms with Crippen molar-refractivity contribution in [1.29, 1.82) is 5.41 Å². The minimum Gasteiger partial charge on any atom is -0.382 e. The van der Waals surface area contributed by atoms with Gasteiger partial charge in [0.1, 0.15) is 23.2 Å². The summed E-state index contributed by atoms with van der Waals surface area (Å²) in [5.41, 5.74) is 6.63. The maximum atomic E-state index is 12.8. The van der Waals surface area contributed by atoms with Crippen LogP contribution in [0.4, 0.5) is 10.2 Å². The summed E-state index contributed by atoms with van der Waals surface area (Å²) in [6.45, 7) is 0.592. The Morgan fingerprint density at radius 3 is 2.47 bits per heavy atom. The first-order valence-corrected chi connectivity index (χ1v) is 5.68. The number of hydrogen-bond donors (Lipinski definition) is 2. The highest BCUT2D eigenvalue weighted by Gasteiger charge is 2.05. The average Bonchev–Trinajstić information content (AvgIpc) is 2.41. The van der Waals surface area contributed by atoms with Crippen LogP contribution in [0.25, 0.3) is 0 Å². The van der Waals surface area contributed by atoms with Gasteiger partial charge in [-0.25, -0.2) is 14.4 Å². The third-order valence-electron chi connectivity index (χ3n) is 2.64. The molecule has 3 N–H and O–H groups in total. The first kappa shape index (κ1) is 12.9. The zero-order valence-corrected chi connectivity index (χ0v) is 10.5. The lowest BCUT2D eigenvalue weighted by atomic mass is 10.2. The summed E-state index contributed by atoms with van der Waals surface area (Å²) in [6, 6.07) is 6.30. The summed E-state index contributed by atoms with van der Waals surface area (Å²) in [6.07, 6.45) is 3.01. The van der Waals surface area contributed by atoms with E-state index in [9.17, 15) is 4.39 Å². The lowest BCUT2D eigenvalue weighted by Gasteiger charge is -2.17. The first-order chi connectivity index (χ1) is 9.06. The predicted octanol–water partition coefficient (Wildman–Crippen LogP) is 1.54. The van der Waals surface area contributed by atoms with Crippen LogP contribution in [0.15, 0.2) is 36.7 Å². The molecule has 0 amide bonds.